The predicted octanol–water partition coefficient (Wildman–Crippen LogP) is 3.41. The SMILES string of the molecule is COC(=O)c1ccncc1NC[C@H]1CCCc2cc(OC)ccc21. The summed E-state index contributed by atoms with van der Waals surface area (Å²) in [6.07, 6.45) is 6.64. The van der Waals surface area contributed by atoms with E-state index in [4.69, 9.17) is 9.47 Å². The lowest BCUT2D eigenvalue weighted by Crippen LogP contribution is -2.19. The topological polar surface area (TPSA) is 60.5 Å². The van der Waals surface area contributed by atoms with Crippen molar-refractivity contribution >= 4 is 11.7 Å². The first kappa shape index (κ1) is 16.3. The van der Waals surface area contributed by atoms with E-state index in [1.807, 2.05) is 6.07 Å². The van der Waals surface area contributed by atoms with E-state index in [1.165, 1.54) is 18.2 Å². The average Bonchev–Trinajstić information content (AvgIpc) is 2.65. The van der Waals surface area contributed by atoms with Crippen LogP contribution in [-0.2, 0) is 11.2 Å². The zero-order valence-corrected chi connectivity index (χ0v) is 14.0. The molecule has 0 aliphatic heterocycles. The smallest absolute Gasteiger partial charge is 0.340 e. The van der Waals surface area contributed by atoms with Crippen LogP contribution in [0.4, 0.5) is 5.69 Å². The first-order valence-electron chi connectivity index (χ1n) is 8.16. The van der Waals surface area contributed by atoms with E-state index in [2.05, 4.69) is 22.4 Å². The monoisotopic (exact) mass is 326 g/mol. The minimum atomic E-state index is -0.353. The van der Waals surface area contributed by atoms with Gasteiger partial charge in [-0.2, -0.15) is 0 Å². The molecular formula is C19H22N2O3. The van der Waals surface area contributed by atoms with Crippen molar-refractivity contribution in [3.05, 3.63) is 53.3 Å². The predicted molar refractivity (Wildman–Crippen MR) is 92.7 cm³/mol. The molecule has 0 radical (unpaired) electrons. The van der Waals surface area contributed by atoms with Crippen LogP contribution >= 0.6 is 0 Å². The van der Waals surface area contributed by atoms with Crippen LogP contribution < -0.4 is 10.1 Å². The number of carbonyl (C=O) groups is 1. The Morgan fingerprint density at radius 2 is 2.21 bits per heavy atom. The van der Waals surface area contributed by atoms with Gasteiger partial charge in [0.15, 0.2) is 0 Å². The van der Waals surface area contributed by atoms with Crippen LogP contribution in [0.1, 0.15) is 40.2 Å². The molecule has 1 N–H and O–H groups in total. The lowest BCUT2D eigenvalue weighted by molar-refractivity contribution is 0.0601. The number of anilines is 1. The highest BCUT2D eigenvalue weighted by molar-refractivity contribution is 5.95. The second-order valence-corrected chi connectivity index (χ2v) is 5.95. The number of nitrogens with zero attached hydrogens (tertiary/aromatic N) is 1. The molecule has 126 valence electrons. The van der Waals surface area contributed by atoms with Crippen molar-refractivity contribution in [1.82, 2.24) is 4.98 Å². The van der Waals surface area contributed by atoms with Gasteiger partial charge in [-0.25, -0.2) is 4.79 Å². The van der Waals surface area contributed by atoms with Gasteiger partial charge in [-0.05, 0) is 48.6 Å². The molecule has 5 nitrogen and oxygen atoms in total. The zero-order chi connectivity index (χ0) is 16.9. The number of pyridine rings is 1. The number of aryl methyl sites for hydroxylation is 1. The van der Waals surface area contributed by atoms with Crippen molar-refractivity contribution in [3.8, 4) is 5.75 Å². The summed E-state index contributed by atoms with van der Waals surface area (Å²) in [6, 6.07) is 7.98. The summed E-state index contributed by atoms with van der Waals surface area (Å²) in [5, 5.41) is 3.37. The largest absolute Gasteiger partial charge is 0.497 e. The van der Waals surface area contributed by atoms with Crippen LogP contribution in [0.3, 0.4) is 0 Å². The minimum Gasteiger partial charge on any atom is -0.497 e. The molecule has 24 heavy (non-hydrogen) atoms. The summed E-state index contributed by atoms with van der Waals surface area (Å²) < 4.78 is 10.2. The number of hydrogen-bond donors (Lipinski definition) is 1. The van der Waals surface area contributed by atoms with Gasteiger partial charge in [0.1, 0.15) is 5.75 Å². The summed E-state index contributed by atoms with van der Waals surface area (Å²) in [5.74, 6) is 0.960. The van der Waals surface area contributed by atoms with E-state index in [0.717, 1.165) is 31.6 Å². The second kappa shape index (κ2) is 7.34. The number of carbonyl (C=O) groups excluding carboxylic acids is 1. The van der Waals surface area contributed by atoms with Gasteiger partial charge in [0.2, 0.25) is 0 Å². The summed E-state index contributed by atoms with van der Waals surface area (Å²) in [4.78, 5) is 16.0. The van der Waals surface area contributed by atoms with E-state index >= 15 is 0 Å². The molecule has 0 fully saturated rings. The standard InChI is InChI=1S/C19H22N2O3/c1-23-15-6-7-16-13(10-15)4-3-5-14(16)11-21-18-12-20-9-8-17(18)19(22)24-2/h6-10,12,14,21H,3-5,11H2,1-2H3/t14-/m1/s1. The molecule has 0 saturated carbocycles. The van der Waals surface area contributed by atoms with Crippen LogP contribution in [-0.4, -0.2) is 31.7 Å². The van der Waals surface area contributed by atoms with Gasteiger partial charge in [-0.15, -0.1) is 0 Å². The van der Waals surface area contributed by atoms with Crippen LogP contribution in [0.25, 0.3) is 0 Å². The molecule has 1 atom stereocenters. The first-order chi connectivity index (χ1) is 11.7. The summed E-state index contributed by atoms with van der Waals surface area (Å²) in [5.41, 5.74) is 3.94. The fourth-order valence-corrected chi connectivity index (χ4v) is 3.29. The van der Waals surface area contributed by atoms with E-state index in [-0.39, 0.29) is 5.97 Å². The second-order valence-electron chi connectivity index (χ2n) is 5.95. The lowest BCUT2D eigenvalue weighted by Gasteiger charge is -2.26. The Hall–Kier alpha value is -2.56. The molecule has 0 unspecified atom stereocenters. The van der Waals surface area contributed by atoms with Crippen molar-refractivity contribution < 1.29 is 14.3 Å². The maximum atomic E-state index is 11.9. The van der Waals surface area contributed by atoms with Gasteiger partial charge < -0.3 is 14.8 Å². The molecule has 0 bridgehead atoms. The normalized spacial score (nSPS) is 16.2. The lowest BCUT2D eigenvalue weighted by atomic mass is 9.82. The Morgan fingerprint density at radius 3 is 3.00 bits per heavy atom. The van der Waals surface area contributed by atoms with E-state index in [9.17, 15) is 4.79 Å². The van der Waals surface area contributed by atoms with Gasteiger partial charge >= 0.3 is 5.97 Å². The maximum absolute atomic E-state index is 11.9. The van der Waals surface area contributed by atoms with Crippen LogP contribution in [0.5, 0.6) is 5.75 Å². The number of rotatable bonds is 5. The Balaban J connectivity index is 1.76. The highest BCUT2D eigenvalue weighted by Crippen LogP contribution is 2.34. The zero-order valence-electron chi connectivity index (χ0n) is 14.0. The number of ether oxygens (including phenoxy) is 2. The van der Waals surface area contributed by atoms with Crippen LogP contribution in [0, 0.1) is 0 Å². The van der Waals surface area contributed by atoms with E-state index in [1.54, 1.807) is 25.6 Å². The number of fused-ring (bicyclic) bond motifs is 1. The molecule has 1 aromatic heterocycles. The van der Waals surface area contributed by atoms with Crippen molar-refractivity contribution in [2.24, 2.45) is 0 Å². The number of methoxy groups -OCH3 is 2. The van der Waals surface area contributed by atoms with E-state index < -0.39 is 0 Å². The molecule has 1 heterocycles. The maximum Gasteiger partial charge on any atom is 0.340 e. The Bertz CT molecular complexity index is 730. The third-order valence-electron chi connectivity index (χ3n) is 4.55. The molecular weight excluding hydrogens is 304 g/mol. The molecule has 0 saturated heterocycles. The molecule has 1 aromatic carbocycles. The van der Waals surface area contributed by atoms with Gasteiger partial charge in [-0.1, -0.05) is 6.07 Å². The molecule has 0 amide bonds. The third-order valence-corrected chi connectivity index (χ3v) is 4.55. The number of aromatic nitrogens is 1. The summed E-state index contributed by atoms with van der Waals surface area (Å²) in [6.45, 7) is 0.759. The Labute approximate surface area is 142 Å². The van der Waals surface area contributed by atoms with E-state index in [0.29, 0.717) is 17.2 Å². The number of esters is 1. The van der Waals surface area contributed by atoms with Crippen LogP contribution in [0.15, 0.2) is 36.7 Å². The number of nitrogens with one attached hydrogen (secondary N) is 1. The van der Waals surface area contributed by atoms with Gasteiger partial charge in [-0.3, -0.25) is 4.98 Å². The molecule has 1 aliphatic rings. The fourth-order valence-electron chi connectivity index (χ4n) is 3.29. The third kappa shape index (κ3) is 3.35. The van der Waals surface area contributed by atoms with Gasteiger partial charge in [0.25, 0.3) is 0 Å². The average molecular weight is 326 g/mol. The Morgan fingerprint density at radius 1 is 1.33 bits per heavy atom. The molecule has 1 aliphatic carbocycles. The van der Waals surface area contributed by atoms with Gasteiger partial charge in [0.05, 0.1) is 31.7 Å². The highest BCUT2D eigenvalue weighted by atomic mass is 16.5. The van der Waals surface area contributed by atoms with Crippen molar-refractivity contribution in [2.75, 3.05) is 26.1 Å². The number of benzene rings is 1. The minimum absolute atomic E-state index is 0.353. The number of hydrogen-bond acceptors (Lipinski definition) is 5. The Kier molecular flexibility index (Phi) is 4.99. The molecule has 0 spiro atoms. The highest BCUT2D eigenvalue weighted by Gasteiger charge is 2.21. The molecule has 3 rings (SSSR count). The summed E-state index contributed by atoms with van der Waals surface area (Å²) >= 11 is 0. The summed E-state index contributed by atoms with van der Waals surface area (Å²) in [7, 11) is 3.08. The van der Waals surface area contributed by atoms with Crippen molar-refractivity contribution in [1.29, 1.82) is 0 Å². The quantitative estimate of drug-likeness (QED) is 0.853. The molecule has 5 heteroatoms. The van der Waals surface area contributed by atoms with Gasteiger partial charge in [0, 0.05) is 18.7 Å². The fraction of sp³-hybridized carbons (Fsp3) is 0.368. The van der Waals surface area contributed by atoms with Crippen molar-refractivity contribution in [3.63, 3.8) is 0 Å². The first-order valence-corrected chi connectivity index (χ1v) is 8.16. The van der Waals surface area contributed by atoms with Crippen LogP contribution in [0.2, 0.25) is 0 Å². The molecule has 2 aromatic rings. The van der Waals surface area contributed by atoms with Crippen molar-refractivity contribution in [2.45, 2.75) is 25.2 Å².